The molecule has 0 spiro atoms. The lowest BCUT2D eigenvalue weighted by Gasteiger charge is -2.26. The van der Waals surface area contributed by atoms with Gasteiger partial charge in [-0.2, -0.15) is 5.26 Å². The minimum Gasteiger partial charge on any atom is -0.354 e. The Bertz CT molecular complexity index is 1280. The first-order chi connectivity index (χ1) is 13.1. The number of rotatable bonds is 2. The molecule has 9 nitrogen and oxygen atoms in total. The molecule has 0 aromatic carbocycles. The summed E-state index contributed by atoms with van der Waals surface area (Å²) in [6, 6.07) is 5.67. The van der Waals surface area contributed by atoms with Crippen LogP contribution >= 0.6 is 0 Å². The second-order valence-electron chi connectivity index (χ2n) is 7.08. The predicted molar refractivity (Wildman–Crippen MR) is 99.4 cm³/mol. The van der Waals surface area contributed by atoms with Gasteiger partial charge in [0.15, 0.2) is 5.65 Å². The molecule has 134 valence electrons. The number of hydrogen-bond acceptors (Lipinski definition) is 6. The van der Waals surface area contributed by atoms with E-state index < -0.39 is 5.54 Å². The van der Waals surface area contributed by atoms with E-state index in [1.807, 2.05) is 12.3 Å². The summed E-state index contributed by atoms with van der Waals surface area (Å²) in [6.07, 6.45) is 5.67. The van der Waals surface area contributed by atoms with Gasteiger partial charge in [0.1, 0.15) is 23.9 Å². The SMILES string of the molecule is CC1(n2c(=O)[nH]c3cc(C#N)cnc32)CCN(c2ncnc3[nH]ccc23)C1. The van der Waals surface area contributed by atoms with Crippen LogP contribution in [0.15, 0.2) is 35.6 Å². The number of aromatic amines is 2. The highest BCUT2D eigenvalue weighted by atomic mass is 16.1. The first-order valence-corrected chi connectivity index (χ1v) is 8.63. The standard InChI is InChI=1S/C18H16N8O/c1-18(26-16-13(24-17(26)27)6-11(7-19)8-21-16)3-5-25(9-18)15-12-2-4-20-14(12)22-10-23-15/h2,4,6,8,10H,3,5,9H2,1H3,(H,24,27)(H,20,22,23). The summed E-state index contributed by atoms with van der Waals surface area (Å²) in [5, 5.41) is 10.0. The van der Waals surface area contributed by atoms with Crippen LogP contribution in [-0.2, 0) is 5.54 Å². The molecule has 4 aromatic heterocycles. The summed E-state index contributed by atoms with van der Waals surface area (Å²) in [6.45, 7) is 3.44. The van der Waals surface area contributed by atoms with Gasteiger partial charge in [-0.05, 0) is 25.5 Å². The third-order valence-electron chi connectivity index (χ3n) is 5.28. The van der Waals surface area contributed by atoms with Crippen molar-refractivity contribution in [3.63, 3.8) is 0 Å². The fraction of sp³-hybridized carbons (Fsp3) is 0.278. The van der Waals surface area contributed by atoms with Crippen LogP contribution in [0, 0.1) is 11.3 Å². The molecule has 0 amide bonds. The molecule has 0 aliphatic carbocycles. The Morgan fingerprint density at radius 3 is 3.07 bits per heavy atom. The summed E-state index contributed by atoms with van der Waals surface area (Å²) < 4.78 is 1.71. The van der Waals surface area contributed by atoms with Crippen molar-refractivity contribution in [3.8, 4) is 6.07 Å². The van der Waals surface area contributed by atoms with Gasteiger partial charge in [0.25, 0.3) is 0 Å². The van der Waals surface area contributed by atoms with E-state index in [1.165, 1.54) is 6.20 Å². The van der Waals surface area contributed by atoms with Gasteiger partial charge in [0.2, 0.25) is 0 Å². The van der Waals surface area contributed by atoms with Crippen molar-refractivity contribution >= 4 is 28.0 Å². The summed E-state index contributed by atoms with van der Waals surface area (Å²) in [5.74, 6) is 0.859. The van der Waals surface area contributed by atoms with Crippen LogP contribution in [0.25, 0.3) is 22.2 Å². The third-order valence-corrected chi connectivity index (χ3v) is 5.28. The van der Waals surface area contributed by atoms with Crippen LogP contribution < -0.4 is 10.6 Å². The fourth-order valence-corrected chi connectivity index (χ4v) is 3.98. The van der Waals surface area contributed by atoms with E-state index in [-0.39, 0.29) is 5.69 Å². The number of nitrogens with one attached hydrogen (secondary N) is 2. The Hall–Kier alpha value is -3.67. The van der Waals surface area contributed by atoms with Gasteiger partial charge in [-0.15, -0.1) is 0 Å². The second-order valence-corrected chi connectivity index (χ2v) is 7.08. The lowest BCUT2D eigenvalue weighted by atomic mass is 10.0. The summed E-state index contributed by atoms with van der Waals surface area (Å²) in [7, 11) is 0. The first-order valence-electron chi connectivity index (χ1n) is 8.63. The zero-order valence-electron chi connectivity index (χ0n) is 14.6. The fourth-order valence-electron chi connectivity index (χ4n) is 3.98. The van der Waals surface area contributed by atoms with Gasteiger partial charge in [0.05, 0.1) is 22.0 Å². The van der Waals surface area contributed by atoms with Gasteiger partial charge in [-0.3, -0.25) is 4.57 Å². The number of nitrogens with zero attached hydrogens (tertiary/aromatic N) is 6. The topological polar surface area (TPSA) is 119 Å². The number of fused-ring (bicyclic) bond motifs is 2. The molecule has 0 bridgehead atoms. The maximum Gasteiger partial charge on any atom is 0.328 e. The largest absolute Gasteiger partial charge is 0.354 e. The Balaban J connectivity index is 1.58. The Morgan fingerprint density at radius 1 is 1.33 bits per heavy atom. The quantitative estimate of drug-likeness (QED) is 0.559. The monoisotopic (exact) mass is 360 g/mol. The molecule has 1 unspecified atom stereocenters. The number of H-pyrrole nitrogens is 2. The average Bonchev–Trinajstić information content (AvgIpc) is 3.37. The lowest BCUT2D eigenvalue weighted by molar-refractivity contribution is 0.357. The third kappa shape index (κ3) is 2.23. The van der Waals surface area contributed by atoms with Crippen molar-refractivity contribution in [3.05, 3.63) is 46.9 Å². The summed E-state index contributed by atoms with van der Waals surface area (Å²) in [4.78, 5) is 33.8. The summed E-state index contributed by atoms with van der Waals surface area (Å²) in [5.41, 5.74) is 1.70. The van der Waals surface area contributed by atoms with Gasteiger partial charge < -0.3 is 14.9 Å². The molecule has 1 fully saturated rings. The highest BCUT2D eigenvalue weighted by Gasteiger charge is 2.39. The molecule has 2 N–H and O–H groups in total. The van der Waals surface area contributed by atoms with Crippen molar-refractivity contribution in [2.45, 2.75) is 18.9 Å². The molecule has 0 saturated carbocycles. The van der Waals surface area contributed by atoms with Crippen LogP contribution in [0.3, 0.4) is 0 Å². The molecular formula is C18H16N8O. The maximum atomic E-state index is 12.7. The molecule has 0 radical (unpaired) electrons. The number of anilines is 1. The minimum atomic E-state index is -0.440. The van der Waals surface area contributed by atoms with E-state index in [1.54, 1.807) is 17.0 Å². The molecular weight excluding hydrogens is 344 g/mol. The highest BCUT2D eigenvalue weighted by molar-refractivity contribution is 5.87. The molecule has 27 heavy (non-hydrogen) atoms. The number of nitriles is 1. The van der Waals surface area contributed by atoms with Gasteiger partial charge in [0, 0.05) is 25.5 Å². The zero-order chi connectivity index (χ0) is 18.6. The van der Waals surface area contributed by atoms with Gasteiger partial charge in [-0.25, -0.2) is 19.7 Å². The zero-order valence-corrected chi connectivity index (χ0v) is 14.6. The first kappa shape index (κ1) is 15.6. The molecule has 1 saturated heterocycles. The van der Waals surface area contributed by atoms with Crippen molar-refractivity contribution in [2.75, 3.05) is 18.0 Å². The van der Waals surface area contributed by atoms with Crippen LogP contribution in [0.2, 0.25) is 0 Å². The van der Waals surface area contributed by atoms with Crippen molar-refractivity contribution in [2.24, 2.45) is 0 Å². The van der Waals surface area contributed by atoms with E-state index in [0.29, 0.717) is 23.3 Å². The molecule has 1 aliphatic rings. The predicted octanol–water partition coefficient (Wildman–Crippen LogP) is 1.49. The van der Waals surface area contributed by atoms with E-state index in [0.717, 1.165) is 29.8 Å². The van der Waals surface area contributed by atoms with Crippen LogP contribution in [-0.4, -0.2) is 42.6 Å². The van der Waals surface area contributed by atoms with Gasteiger partial charge >= 0.3 is 5.69 Å². The molecule has 9 heteroatoms. The molecule has 5 heterocycles. The maximum absolute atomic E-state index is 12.7. The number of imidazole rings is 1. The normalized spacial score (nSPS) is 19.8. The highest BCUT2D eigenvalue weighted by Crippen LogP contribution is 2.34. The van der Waals surface area contributed by atoms with Crippen molar-refractivity contribution in [1.29, 1.82) is 5.26 Å². The Kier molecular flexibility index (Phi) is 3.12. The number of hydrogen-bond donors (Lipinski definition) is 2. The van der Waals surface area contributed by atoms with Gasteiger partial charge in [-0.1, -0.05) is 0 Å². The van der Waals surface area contributed by atoms with Crippen molar-refractivity contribution in [1.82, 2.24) is 29.5 Å². The smallest absolute Gasteiger partial charge is 0.328 e. The molecule has 5 rings (SSSR count). The number of pyridine rings is 1. The molecule has 1 atom stereocenters. The second kappa shape index (κ2) is 5.41. The average molecular weight is 360 g/mol. The molecule has 4 aromatic rings. The van der Waals surface area contributed by atoms with Crippen LogP contribution in [0.4, 0.5) is 5.82 Å². The van der Waals surface area contributed by atoms with Crippen molar-refractivity contribution < 1.29 is 0 Å². The number of aromatic nitrogens is 6. The van der Waals surface area contributed by atoms with Crippen LogP contribution in [0.1, 0.15) is 18.9 Å². The summed E-state index contributed by atoms with van der Waals surface area (Å²) >= 11 is 0. The van der Waals surface area contributed by atoms with E-state index in [2.05, 4.69) is 42.8 Å². The Morgan fingerprint density at radius 2 is 2.22 bits per heavy atom. The van der Waals surface area contributed by atoms with E-state index in [9.17, 15) is 4.79 Å². The van der Waals surface area contributed by atoms with E-state index >= 15 is 0 Å². The minimum absolute atomic E-state index is 0.216. The van der Waals surface area contributed by atoms with Crippen LogP contribution in [0.5, 0.6) is 0 Å². The van der Waals surface area contributed by atoms with E-state index in [4.69, 9.17) is 5.26 Å². The lowest BCUT2D eigenvalue weighted by Crippen LogP contribution is -2.40. The Labute approximate surface area is 153 Å². The molecule has 1 aliphatic heterocycles.